The highest BCUT2D eigenvalue weighted by atomic mass is 32.2. The highest BCUT2D eigenvalue weighted by molar-refractivity contribution is 7.85. The highest BCUT2D eigenvalue weighted by Crippen LogP contribution is 2.28. The quantitative estimate of drug-likeness (QED) is 0.853. The van der Waals surface area contributed by atoms with Gasteiger partial charge >= 0.3 is 0 Å². The standard InChI is InChI=1S/C14H21NO2S/c1-17-12-7-8-13(15)14(9-12)18(16)10-11-5-3-2-4-6-11/h7-9,11H,2-6,10,15H2,1H3. The highest BCUT2D eigenvalue weighted by Gasteiger charge is 2.18. The third-order valence-corrected chi connectivity index (χ3v) is 5.20. The average Bonchev–Trinajstić information content (AvgIpc) is 2.40. The van der Waals surface area contributed by atoms with Crippen molar-refractivity contribution in [1.82, 2.24) is 0 Å². The molecular weight excluding hydrogens is 246 g/mol. The molecule has 1 fully saturated rings. The molecule has 0 radical (unpaired) electrons. The molecule has 1 aromatic carbocycles. The van der Waals surface area contributed by atoms with Crippen LogP contribution in [0.4, 0.5) is 5.69 Å². The lowest BCUT2D eigenvalue weighted by molar-refractivity contribution is 0.388. The monoisotopic (exact) mass is 267 g/mol. The van der Waals surface area contributed by atoms with Crippen molar-refractivity contribution in [1.29, 1.82) is 0 Å². The predicted octanol–water partition coefficient (Wildman–Crippen LogP) is 2.97. The van der Waals surface area contributed by atoms with Crippen molar-refractivity contribution < 1.29 is 8.95 Å². The predicted molar refractivity (Wildman–Crippen MR) is 75.3 cm³/mol. The van der Waals surface area contributed by atoms with Crippen molar-refractivity contribution >= 4 is 16.5 Å². The van der Waals surface area contributed by atoms with Gasteiger partial charge in [0.2, 0.25) is 0 Å². The lowest BCUT2D eigenvalue weighted by Crippen LogP contribution is -2.15. The first kappa shape index (κ1) is 13.4. The smallest absolute Gasteiger partial charge is 0.120 e. The molecule has 0 spiro atoms. The summed E-state index contributed by atoms with van der Waals surface area (Å²) in [4.78, 5) is 0.722. The Hall–Kier alpha value is -1.03. The van der Waals surface area contributed by atoms with Gasteiger partial charge in [0, 0.05) is 11.4 Å². The van der Waals surface area contributed by atoms with Crippen LogP contribution in [-0.4, -0.2) is 17.1 Å². The second kappa shape index (κ2) is 6.23. The van der Waals surface area contributed by atoms with E-state index in [-0.39, 0.29) is 0 Å². The summed E-state index contributed by atoms with van der Waals surface area (Å²) < 4.78 is 17.5. The molecule has 2 N–H and O–H groups in total. The first-order valence-corrected chi connectivity index (χ1v) is 7.84. The minimum Gasteiger partial charge on any atom is -0.497 e. The largest absolute Gasteiger partial charge is 0.497 e. The summed E-state index contributed by atoms with van der Waals surface area (Å²) in [6.07, 6.45) is 6.28. The third kappa shape index (κ3) is 3.25. The lowest BCUT2D eigenvalue weighted by Gasteiger charge is -2.21. The lowest BCUT2D eigenvalue weighted by atomic mass is 9.91. The van der Waals surface area contributed by atoms with Crippen molar-refractivity contribution in [2.45, 2.75) is 37.0 Å². The summed E-state index contributed by atoms with van der Waals surface area (Å²) in [7, 11) is 0.601. The van der Waals surface area contributed by atoms with Gasteiger partial charge in [0.15, 0.2) is 0 Å². The molecule has 1 unspecified atom stereocenters. The number of nitrogen functional groups attached to an aromatic ring is 1. The van der Waals surface area contributed by atoms with Crippen molar-refractivity contribution in [2.24, 2.45) is 5.92 Å². The van der Waals surface area contributed by atoms with Gasteiger partial charge in [0.1, 0.15) is 5.75 Å². The number of ether oxygens (including phenoxy) is 1. The summed E-state index contributed by atoms with van der Waals surface area (Å²) in [5, 5.41) is 0. The van der Waals surface area contributed by atoms with Crippen LogP contribution in [-0.2, 0) is 10.8 Å². The van der Waals surface area contributed by atoms with E-state index in [9.17, 15) is 4.21 Å². The maximum atomic E-state index is 12.4. The van der Waals surface area contributed by atoms with Gasteiger partial charge in [-0.3, -0.25) is 4.21 Å². The van der Waals surface area contributed by atoms with Crippen LogP contribution in [0.25, 0.3) is 0 Å². The van der Waals surface area contributed by atoms with Gasteiger partial charge in [-0.05, 0) is 37.0 Å². The van der Waals surface area contributed by atoms with E-state index in [4.69, 9.17) is 10.5 Å². The van der Waals surface area contributed by atoms with Crippen molar-refractivity contribution in [3.8, 4) is 5.75 Å². The molecule has 0 amide bonds. The van der Waals surface area contributed by atoms with E-state index >= 15 is 0 Å². The minimum absolute atomic E-state index is 0.588. The number of anilines is 1. The van der Waals surface area contributed by atoms with E-state index in [1.54, 1.807) is 25.3 Å². The van der Waals surface area contributed by atoms with E-state index in [0.717, 1.165) is 16.4 Å². The second-order valence-corrected chi connectivity index (χ2v) is 6.38. The van der Waals surface area contributed by atoms with E-state index in [1.165, 1.54) is 32.1 Å². The normalized spacial score (nSPS) is 18.5. The molecule has 3 nitrogen and oxygen atoms in total. The summed E-state index contributed by atoms with van der Waals surface area (Å²) in [5.74, 6) is 2.04. The van der Waals surface area contributed by atoms with Gasteiger partial charge in [-0.25, -0.2) is 0 Å². The van der Waals surface area contributed by atoms with Crippen LogP contribution in [0.3, 0.4) is 0 Å². The van der Waals surface area contributed by atoms with E-state index in [1.807, 2.05) is 0 Å². The third-order valence-electron chi connectivity index (χ3n) is 3.58. The SMILES string of the molecule is COc1ccc(N)c(S(=O)CC2CCCCC2)c1. The van der Waals surface area contributed by atoms with E-state index in [2.05, 4.69) is 0 Å². The Morgan fingerprint density at radius 1 is 1.33 bits per heavy atom. The Morgan fingerprint density at radius 3 is 2.72 bits per heavy atom. The molecule has 1 aliphatic carbocycles. The molecule has 1 aromatic rings. The molecule has 1 aliphatic rings. The van der Waals surface area contributed by atoms with Crippen molar-refractivity contribution in [3.63, 3.8) is 0 Å². The zero-order chi connectivity index (χ0) is 13.0. The number of nitrogens with two attached hydrogens (primary N) is 1. The zero-order valence-electron chi connectivity index (χ0n) is 10.9. The summed E-state index contributed by atoms with van der Waals surface area (Å²) in [6, 6.07) is 5.37. The Bertz CT molecular complexity index is 428. The fraction of sp³-hybridized carbons (Fsp3) is 0.571. The first-order valence-electron chi connectivity index (χ1n) is 6.52. The van der Waals surface area contributed by atoms with Crippen LogP contribution < -0.4 is 10.5 Å². The molecule has 0 bridgehead atoms. The van der Waals surface area contributed by atoms with Gasteiger partial charge in [-0.1, -0.05) is 19.3 Å². The molecular formula is C14H21NO2S. The summed E-state index contributed by atoms with van der Waals surface area (Å²) in [6.45, 7) is 0. The number of rotatable bonds is 4. The molecule has 4 heteroatoms. The van der Waals surface area contributed by atoms with Crippen molar-refractivity contribution in [2.75, 3.05) is 18.6 Å². The number of methoxy groups -OCH3 is 1. The fourth-order valence-corrected chi connectivity index (χ4v) is 4.02. The van der Waals surface area contributed by atoms with Gasteiger partial charge < -0.3 is 10.5 Å². The minimum atomic E-state index is -1.01. The molecule has 0 heterocycles. The van der Waals surface area contributed by atoms with Gasteiger partial charge in [-0.2, -0.15) is 0 Å². The molecule has 0 aliphatic heterocycles. The second-order valence-electron chi connectivity index (χ2n) is 4.92. The average molecular weight is 267 g/mol. The topological polar surface area (TPSA) is 52.3 Å². The van der Waals surface area contributed by atoms with Crippen molar-refractivity contribution in [3.05, 3.63) is 18.2 Å². The Balaban J connectivity index is 2.07. The van der Waals surface area contributed by atoms with Crippen LogP contribution in [0, 0.1) is 5.92 Å². The first-order chi connectivity index (χ1) is 8.70. The van der Waals surface area contributed by atoms with Crippen LogP contribution in [0.2, 0.25) is 0 Å². The number of hydrogen-bond donors (Lipinski definition) is 1. The molecule has 2 rings (SSSR count). The van der Waals surface area contributed by atoms with Gasteiger partial charge in [0.05, 0.1) is 22.8 Å². The maximum absolute atomic E-state index is 12.4. The van der Waals surface area contributed by atoms with Crippen LogP contribution in [0.1, 0.15) is 32.1 Å². The van der Waals surface area contributed by atoms with Crippen LogP contribution in [0.5, 0.6) is 5.75 Å². The van der Waals surface area contributed by atoms with Gasteiger partial charge in [0.25, 0.3) is 0 Å². The fourth-order valence-electron chi connectivity index (χ4n) is 2.50. The Labute approximate surface area is 111 Å². The zero-order valence-corrected chi connectivity index (χ0v) is 11.7. The number of benzene rings is 1. The Kier molecular flexibility index (Phi) is 4.64. The molecule has 18 heavy (non-hydrogen) atoms. The molecule has 1 atom stereocenters. The number of hydrogen-bond acceptors (Lipinski definition) is 3. The van der Waals surface area contributed by atoms with Crippen LogP contribution >= 0.6 is 0 Å². The van der Waals surface area contributed by atoms with E-state index < -0.39 is 10.8 Å². The maximum Gasteiger partial charge on any atom is 0.120 e. The molecule has 0 saturated heterocycles. The Morgan fingerprint density at radius 2 is 2.06 bits per heavy atom. The summed E-state index contributed by atoms with van der Waals surface area (Å²) in [5.41, 5.74) is 6.50. The van der Waals surface area contributed by atoms with E-state index in [0.29, 0.717) is 11.6 Å². The molecule has 1 saturated carbocycles. The van der Waals surface area contributed by atoms with Crippen LogP contribution in [0.15, 0.2) is 23.1 Å². The summed E-state index contributed by atoms with van der Waals surface area (Å²) >= 11 is 0. The van der Waals surface area contributed by atoms with Gasteiger partial charge in [-0.15, -0.1) is 0 Å². The molecule has 0 aromatic heterocycles. The molecule has 100 valence electrons.